The smallest absolute Gasteiger partial charge is 0.339 e. The fourth-order valence-electron chi connectivity index (χ4n) is 1.95. The zero-order valence-corrected chi connectivity index (χ0v) is 19.1. The van der Waals surface area contributed by atoms with E-state index in [-0.39, 0.29) is 26.2 Å². The minimum Gasteiger partial charge on any atom is -0.339 e. The predicted molar refractivity (Wildman–Crippen MR) is 107 cm³/mol. The number of allylic oxidation sites excluding steroid dienone is 2. The zero-order valence-electron chi connectivity index (χ0n) is 15.7. The Morgan fingerprint density at radius 1 is 0.880 bits per heavy atom. The number of hydrogen-bond donors (Lipinski definition) is 0. The first-order valence-corrected chi connectivity index (χ1v) is 9.44. The van der Waals surface area contributed by atoms with Gasteiger partial charge in [0.05, 0.1) is 0 Å². The van der Waals surface area contributed by atoms with E-state index >= 15 is 0 Å². The molecule has 0 unspecified atom stereocenters. The molecule has 1 aromatic heterocycles. The van der Waals surface area contributed by atoms with Gasteiger partial charge < -0.3 is 11.6 Å². The van der Waals surface area contributed by atoms with Gasteiger partial charge in [0, 0.05) is 0 Å². The Kier molecular flexibility index (Phi) is 16.6. The standard InChI is InChI=1S/C13H17P.2C5H5.Zr/c1-5-7-12(6-2)13-8-10(3)11(4)9-14-13;2*1-2-4-5-3-1;/h9H,5-6H2,1-4H3;2*1-5H;/q-2;;;+4. The summed E-state index contributed by atoms with van der Waals surface area (Å²) < 4.78 is 0. The van der Waals surface area contributed by atoms with Crippen LogP contribution in [0.3, 0.4) is 0 Å². The molecule has 0 nitrogen and oxygen atoms in total. The van der Waals surface area contributed by atoms with E-state index < -0.39 is 0 Å². The van der Waals surface area contributed by atoms with Crippen molar-refractivity contribution in [3.8, 4) is 0 Å². The Morgan fingerprint density at radius 2 is 1.32 bits per heavy atom. The van der Waals surface area contributed by atoms with Crippen LogP contribution in [0.25, 0.3) is 5.57 Å². The SMILES string of the molecule is CC[C-]=C(CC)c1[c-]c(C)c(C)cp1.[CH]1[CH][CH][CH][CH]1.[CH]1[CH][CH][CH][CH]1.[Zr+4]. The molecule has 0 amide bonds. The molecular formula is C23H27PZr+2. The van der Waals surface area contributed by atoms with Crippen molar-refractivity contribution in [1.82, 2.24) is 0 Å². The molecule has 2 aliphatic carbocycles. The molecule has 0 aromatic carbocycles. The molecule has 2 saturated carbocycles. The largest absolute Gasteiger partial charge is 4.00 e. The second-order valence-corrected chi connectivity index (χ2v) is 6.29. The summed E-state index contributed by atoms with van der Waals surface area (Å²) in [6.07, 6.45) is 25.5. The molecule has 2 aliphatic rings. The van der Waals surface area contributed by atoms with Crippen LogP contribution in [0.2, 0.25) is 0 Å². The van der Waals surface area contributed by atoms with E-state index in [4.69, 9.17) is 0 Å². The first kappa shape index (κ1) is 25.3. The first-order chi connectivity index (χ1) is 11.7. The Labute approximate surface area is 178 Å². The molecule has 0 spiro atoms. The summed E-state index contributed by atoms with van der Waals surface area (Å²) >= 11 is 0. The Hall–Kier alpha value is 0.273. The maximum atomic E-state index is 3.46. The molecule has 0 bridgehead atoms. The molecule has 1 heterocycles. The van der Waals surface area contributed by atoms with E-state index in [0.717, 1.165) is 12.8 Å². The summed E-state index contributed by atoms with van der Waals surface area (Å²) in [5.41, 5.74) is 3.95. The second kappa shape index (κ2) is 16.4. The molecule has 0 N–H and O–H groups in total. The Bertz CT molecular complexity index is 446. The van der Waals surface area contributed by atoms with Crippen LogP contribution in [-0.4, -0.2) is 0 Å². The number of aryl methyl sites for hydroxylation is 2. The molecule has 0 saturated heterocycles. The zero-order chi connectivity index (χ0) is 17.6. The maximum absolute atomic E-state index is 3.46. The van der Waals surface area contributed by atoms with Gasteiger partial charge in [-0.15, -0.1) is 24.2 Å². The van der Waals surface area contributed by atoms with Crippen LogP contribution < -0.4 is 0 Å². The molecule has 0 aliphatic heterocycles. The monoisotopic (exact) mass is 424 g/mol. The van der Waals surface area contributed by atoms with Gasteiger partial charge in [-0.25, -0.2) is 8.19 Å². The van der Waals surface area contributed by atoms with Crippen molar-refractivity contribution in [3.63, 3.8) is 0 Å². The maximum Gasteiger partial charge on any atom is 4.00 e. The van der Waals surface area contributed by atoms with Crippen LogP contribution in [0.5, 0.6) is 0 Å². The summed E-state index contributed by atoms with van der Waals surface area (Å²) in [7, 11) is 1.28. The quantitative estimate of drug-likeness (QED) is 0.471. The van der Waals surface area contributed by atoms with Gasteiger partial charge in [0.2, 0.25) is 0 Å². The Balaban J connectivity index is 0.000000425. The second-order valence-electron chi connectivity index (χ2n) is 5.33. The van der Waals surface area contributed by atoms with Crippen molar-refractivity contribution in [1.29, 1.82) is 0 Å². The van der Waals surface area contributed by atoms with Crippen LogP contribution in [-0.2, 0) is 26.2 Å². The molecule has 1 aromatic rings. The molecule has 25 heavy (non-hydrogen) atoms. The van der Waals surface area contributed by atoms with Crippen LogP contribution in [0.1, 0.15) is 43.1 Å². The van der Waals surface area contributed by atoms with Gasteiger partial charge >= 0.3 is 26.2 Å². The normalized spacial score (nSPS) is 16.6. The van der Waals surface area contributed by atoms with E-state index in [9.17, 15) is 0 Å². The van der Waals surface area contributed by atoms with Crippen molar-refractivity contribution in [3.05, 3.63) is 98.6 Å². The van der Waals surface area contributed by atoms with E-state index in [1.54, 1.807) is 0 Å². The molecule has 3 rings (SSSR count). The van der Waals surface area contributed by atoms with Gasteiger partial charge in [-0.1, -0.05) is 27.7 Å². The van der Waals surface area contributed by atoms with Crippen molar-refractivity contribution in [2.45, 2.75) is 40.5 Å². The summed E-state index contributed by atoms with van der Waals surface area (Å²) in [6.45, 7) is 8.58. The molecule has 2 fully saturated rings. The molecule has 2 heteroatoms. The van der Waals surface area contributed by atoms with Gasteiger partial charge in [0.1, 0.15) is 0 Å². The minimum absolute atomic E-state index is 0. The van der Waals surface area contributed by atoms with Crippen LogP contribution in [0, 0.1) is 90.2 Å². The number of hydrogen-bond acceptors (Lipinski definition) is 0. The van der Waals surface area contributed by atoms with Gasteiger partial charge in [-0.05, 0) is 64.2 Å². The molecular weight excluding hydrogens is 398 g/mol. The van der Waals surface area contributed by atoms with Gasteiger partial charge in [-0.3, -0.25) is 11.4 Å². The summed E-state index contributed by atoms with van der Waals surface area (Å²) in [5, 5.41) is 1.30. The van der Waals surface area contributed by atoms with Gasteiger partial charge in [0.25, 0.3) is 0 Å². The fourth-order valence-corrected chi connectivity index (χ4v) is 3.09. The van der Waals surface area contributed by atoms with Crippen LogP contribution in [0.15, 0.2) is 5.80 Å². The van der Waals surface area contributed by atoms with E-state index in [0.29, 0.717) is 0 Å². The van der Waals surface area contributed by atoms with Crippen LogP contribution in [0.4, 0.5) is 0 Å². The van der Waals surface area contributed by atoms with Crippen molar-refractivity contribution in [2.24, 2.45) is 0 Å². The Morgan fingerprint density at radius 3 is 1.64 bits per heavy atom. The molecule has 0 atom stereocenters. The minimum atomic E-state index is 0. The van der Waals surface area contributed by atoms with E-state index in [1.165, 1.54) is 30.2 Å². The van der Waals surface area contributed by atoms with Crippen molar-refractivity contribution < 1.29 is 26.2 Å². The molecule has 10 radical (unpaired) electrons. The van der Waals surface area contributed by atoms with E-state index in [1.807, 2.05) is 64.2 Å². The third-order valence-electron chi connectivity index (χ3n) is 3.43. The van der Waals surface area contributed by atoms with Crippen molar-refractivity contribution >= 4 is 13.8 Å². The topological polar surface area (TPSA) is 0 Å². The third kappa shape index (κ3) is 11.6. The first-order valence-electron chi connectivity index (χ1n) is 8.48. The molecule has 126 valence electrons. The predicted octanol–water partition coefficient (Wildman–Crippen LogP) is 6.73. The summed E-state index contributed by atoms with van der Waals surface area (Å²) in [4.78, 5) is 0. The van der Waals surface area contributed by atoms with Crippen molar-refractivity contribution in [2.75, 3.05) is 0 Å². The third-order valence-corrected chi connectivity index (χ3v) is 4.58. The van der Waals surface area contributed by atoms with Gasteiger partial charge in [0.15, 0.2) is 0 Å². The average Bonchev–Trinajstić information content (AvgIpc) is 3.33. The van der Waals surface area contributed by atoms with Crippen LogP contribution >= 0.6 is 8.19 Å². The summed E-state index contributed by atoms with van der Waals surface area (Å²) in [6, 6.07) is 3.46. The number of rotatable bonds is 3. The van der Waals surface area contributed by atoms with Gasteiger partial charge in [-0.2, -0.15) is 5.56 Å². The summed E-state index contributed by atoms with van der Waals surface area (Å²) in [5.74, 6) is 2.26. The van der Waals surface area contributed by atoms with E-state index in [2.05, 4.69) is 45.6 Å². The fraction of sp³-hybridized carbons (Fsp3) is 0.261. The average molecular weight is 426 g/mol.